The Labute approximate surface area is 87.2 Å². The van der Waals surface area contributed by atoms with E-state index >= 15 is 0 Å². The number of thiazole rings is 1. The van der Waals surface area contributed by atoms with Crippen LogP contribution < -0.4 is 4.74 Å². The Hall–Kier alpha value is -1.35. The van der Waals surface area contributed by atoms with Crippen LogP contribution >= 0.6 is 11.3 Å². The number of hydrogen-bond acceptors (Lipinski definition) is 3. The maximum absolute atomic E-state index is 5.58. The highest BCUT2D eigenvalue weighted by atomic mass is 32.1. The Kier molecular flexibility index (Phi) is 2.50. The van der Waals surface area contributed by atoms with E-state index in [1.807, 2.05) is 19.1 Å². The van der Waals surface area contributed by atoms with Crippen LogP contribution in [-0.2, 0) is 0 Å². The van der Waals surface area contributed by atoms with E-state index < -0.39 is 0 Å². The molecule has 2 nitrogen and oxygen atoms in total. The van der Waals surface area contributed by atoms with Gasteiger partial charge >= 0.3 is 0 Å². The minimum Gasteiger partial charge on any atom is -0.431 e. The molecule has 2 aromatic rings. The fourth-order valence-electron chi connectivity index (χ4n) is 1.24. The van der Waals surface area contributed by atoms with Gasteiger partial charge in [0.1, 0.15) is 11.9 Å². The van der Waals surface area contributed by atoms with Crippen LogP contribution in [0.1, 0.15) is 11.1 Å². The van der Waals surface area contributed by atoms with Gasteiger partial charge in [0.15, 0.2) is 0 Å². The van der Waals surface area contributed by atoms with Crippen molar-refractivity contribution in [2.45, 2.75) is 13.8 Å². The van der Waals surface area contributed by atoms with E-state index in [1.54, 1.807) is 5.38 Å². The molecule has 0 unspecified atom stereocenters. The maximum Gasteiger partial charge on any atom is 0.279 e. The molecule has 0 amide bonds. The summed E-state index contributed by atoms with van der Waals surface area (Å²) in [7, 11) is 0. The fourth-order valence-corrected chi connectivity index (χ4v) is 1.69. The molecule has 0 spiro atoms. The van der Waals surface area contributed by atoms with Crippen LogP contribution in [0, 0.1) is 20.0 Å². The van der Waals surface area contributed by atoms with Crippen LogP contribution in [0.4, 0.5) is 0 Å². The Balaban J connectivity index is 2.25. The first kappa shape index (κ1) is 9.21. The Morgan fingerprint density at radius 3 is 2.86 bits per heavy atom. The molecule has 0 saturated heterocycles. The van der Waals surface area contributed by atoms with Gasteiger partial charge in [0, 0.05) is 5.38 Å². The van der Waals surface area contributed by atoms with Crippen LogP contribution in [0.25, 0.3) is 0 Å². The Morgan fingerprint density at radius 2 is 2.21 bits per heavy atom. The van der Waals surface area contributed by atoms with E-state index in [-0.39, 0.29) is 0 Å². The monoisotopic (exact) mass is 204 g/mol. The van der Waals surface area contributed by atoms with E-state index in [2.05, 4.69) is 24.2 Å². The highest BCUT2D eigenvalue weighted by Crippen LogP contribution is 2.26. The standard InChI is InChI=1S/C11H10NOS/c1-8-3-4-10(9(2)7-8)13-11-12-5-6-14-11/h3-4,6-7H,1-2H3. The van der Waals surface area contributed by atoms with E-state index in [4.69, 9.17) is 4.74 Å². The van der Waals surface area contributed by atoms with Gasteiger partial charge in [-0.2, -0.15) is 0 Å². The molecule has 2 rings (SSSR count). The number of aromatic nitrogens is 1. The molecule has 0 aliphatic carbocycles. The molecule has 0 N–H and O–H groups in total. The highest BCUT2D eigenvalue weighted by Gasteiger charge is 2.02. The van der Waals surface area contributed by atoms with Crippen LogP contribution in [-0.4, -0.2) is 4.98 Å². The topological polar surface area (TPSA) is 22.1 Å². The summed E-state index contributed by atoms with van der Waals surface area (Å²) in [5.41, 5.74) is 2.36. The normalized spacial score (nSPS) is 10.1. The van der Waals surface area contributed by atoms with Gasteiger partial charge in [0.25, 0.3) is 5.19 Å². The number of aryl methyl sites for hydroxylation is 2. The zero-order chi connectivity index (χ0) is 9.97. The largest absolute Gasteiger partial charge is 0.431 e. The molecule has 1 aromatic heterocycles. The first-order valence-corrected chi connectivity index (χ1v) is 5.20. The third-order valence-electron chi connectivity index (χ3n) is 1.90. The zero-order valence-corrected chi connectivity index (χ0v) is 8.89. The molecule has 0 atom stereocenters. The summed E-state index contributed by atoms with van der Waals surface area (Å²) in [5, 5.41) is 2.41. The minimum absolute atomic E-state index is 0.636. The van der Waals surface area contributed by atoms with Gasteiger partial charge in [0.05, 0.1) is 0 Å². The molecule has 1 heterocycles. The van der Waals surface area contributed by atoms with E-state index in [1.165, 1.54) is 16.9 Å². The number of nitrogens with zero attached hydrogens (tertiary/aromatic N) is 1. The smallest absolute Gasteiger partial charge is 0.279 e. The molecule has 0 aliphatic heterocycles. The molecular formula is C11H10NOS. The lowest BCUT2D eigenvalue weighted by atomic mass is 10.1. The number of ether oxygens (including phenoxy) is 1. The third-order valence-corrected chi connectivity index (χ3v) is 2.50. The predicted octanol–water partition coefficient (Wildman–Crippen LogP) is 3.35. The first-order valence-electron chi connectivity index (χ1n) is 4.32. The van der Waals surface area contributed by atoms with Gasteiger partial charge in [0.2, 0.25) is 0 Å². The molecule has 71 valence electrons. The van der Waals surface area contributed by atoms with Crippen molar-refractivity contribution in [2.24, 2.45) is 0 Å². The molecule has 1 radical (unpaired) electrons. The first-order chi connectivity index (χ1) is 6.75. The van der Waals surface area contributed by atoms with Crippen LogP contribution in [0.5, 0.6) is 10.9 Å². The van der Waals surface area contributed by atoms with Crippen molar-refractivity contribution < 1.29 is 4.74 Å². The molecule has 0 fully saturated rings. The van der Waals surface area contributed by atoms with Crippen molar-refractivity contribution in [1.82, 2.24) is 4.98 Å². The molecule has 3 heteroatoms. The summed E-state index contributed by atoms with van der Waals surface area (Å²) in [6, 6.07) is 6.08. The van der Waals surface area contributed by atoms with Crippen molar-refractivity contribution in [3.63, 3.8) is 0 Å². The van der Waals surface area contributed by atoms with Crippen molar-refractivity contribution in [3.05, 3.63) is 40.9 Å². The van der Waals surface area contributed by atoms with Gasteiger partial charge in [-0.05, 0) is 25.5 Å². The lowest BCUT2D eigenvalue weighted by Gasteiger charge is -2.05. The summed E-state index contributed by atoms with van der Waals surface area (Å²) in [5.74, 6) is 0.860. The average Bonchev–Trinajstić information content (AvgIpc) is 2.62. The summed E-state index contributed by atoms with van der Waals surface area (Å²) in [6.07, 6.45) is 2.72. The van der Waals surface area contributed by atoms with E-state index in [0.29, 0.717) is 5.19 Å². The minimum atomic E-state index is 0.636. The Bertz CT molecular complexity index is 423. The molecule has 14 heavy (non-hydrogen) atoms. The summed E-state index contributed by atoms with van der Waals surface area (Å²) in [4.78, 5) is 3.95. The Morgan fingerprint density at radius 1 is 1.36 bits per heavy atom. The lowest BCUT2D eigenvalue weighted by molar-refractivity contribution is 0.475. The fraction of sp³-hybridized carbons (Fsp3) is 0.182. The second-order valence-corrected chi connectivity index (χ2v) is 3.93. The van der Waals surface area contributed by atoms with Gasteiger partial charge in [-0.1, -0.05) is 29.0 Å². The van der Waals surface area contributed by atoms with Crippen LogP contribution in [0.15, 0.2) is 23.6 Å². The summed E-state index contributed by atoms with van der Waals surface area (Å²) >= 11 is 1.44. The second kappa shape index (κ2) is 3.80. The van der Waals surface area contributed by atoms with E-state index in [0.717, 1.165) is 11.3 Å². The number of benzene rings is 1. The molecule has 1 aromatic carbocycles. The highest BCUT2D eigenvalue weighted by molar-refractivity contribution is 7.11. The van der Waals surface area contributed by atoms with Gasteiger partial charge < -0.3 is 4.74 Å². The van der Waals surface area contributed by atoms with E-state index in [9.17, 15) is 0 Å². The second-order valence-electron chi connectivity index (χ2n) is 3.11. The quantitative estimate of drug-likeness (QED) is 0.748. The molecule has 0 saturated carbocycles. The predicted molar refractivity (Wildman–Crippen MR) is 56.9 cm³/mol. The van der Waals surface area contributed by atoms with Gasteiger partial charge in [-0.3, -0.25) is 0 Å². The van der Waals surface area contributed by atoms with Crippen molar-refractivity contribution >= 4 is 11.3 Å². The third kappa shape index (κ3) is 1.93. The SMILES string of the molecule is Cc1ccc(Oc2n[c]cs2)c(C)c1. The number of rotatable bonds is 2. The van der Waals surface area contributed by atoms with Gasteiger partial charge in [-0.15, -0.1) is 0 Å². The van der Waals surface area contributed by atoms with Gasteiger partial charge in [-0.25, -0.2) is 4.98 Å². The van der Waals surface area contributed by atoms with Crippen LogP contribution in [0.3, 0.4) is 0 Å². The lowest BCUT2D eigenvalue weighted by Crippen LogP contribution is -1.87. The number of hydrogen-bond donors (Lipinski definition) is 0. The van der Waals surface area contributed by atoms with Crippen molar-refractivity contribution in [2.75, 3.05) is 0 Å². The molecule has 0 aliphatic rings. The zero-order valence-electron chi connectivity index (χ0n) is 8.07. The van der Waals surface area contributed by atoms with Crippen molar-refractivity contribution in [3.8, 4) is 10.9 Å². The van der Waals surface area contributed by atoms with Crippen molar-refractivity contribution in [1.29, 1.82) is 0 Å². The summed E-state index contributed by atoms with van der Waals surface area (Å²) < 4.78 is 5.58. The summed E-state index contributed by atoms with van der Waals surface area (Å²) in [6.45, 7) is 4.09. The average molecular weight is 204 g/mol. The maximum atomic E-state index is 5.58. The molecule has 0 bridgehead atoms. The van der Waals surface area contributed by atoms with Crippen LogP contribution in [0.2, 0.25) is 0 Å². The molecular weight excluding hydrogens is 194 g/mol.